The Morgan fingerprint density at radius 1 is 0.946 bits per heavy atom. The highest BCUT2D eigenvalue weighted by Crippen LogP contribution is 2.46. The number of hydrogen-bond acceptors (Lipinski definition) is 3. The Morgan fingerprint density at radius 2 is 1.59 bits per heavy atom. The maximum Gasteiger partial charge on any atom is 0.307 e. The molecule has 1 heterocycles. The first-order valence-electron chi connectivity index (χ1n) is 14.2. The number of likely N-dealkylation sites (tertiary alicyclic amines) is 1. The first kappa shape index (κ1) is 27.5. The van der Waals surface area contributed by atoms with Crippen molar-refractivity contribution < 1.29 is 18.3 Å². The van der Waals surface area contributed by atoms with Gasteiger partial charge in [0.1, 0.15) is 11.6 Å². The summed E-state index contributed by atoms with van der Waals surface area (Å²) >= 11 is 0. The summed E-state index contributed by atoms with van der Waals surface area (Å²) < 4.78 is 33.5. The predicted octanol–water partition coefficient (Wildman–Crippen LogP) is 8.24. The van der Waals surface area contributed by atoms with Crippen LogP contribution in [0.15, 0.2) is 48.5 Å². The standard InChI is InChI=1S/C32H41F2NO2/c1-3-4-5-6-7-8-9-10-32(36)37-23(2)35-19-17-25(18-20-35)30-22-29(24-11-13-26(33)14-12-24)28-16-15-27(34)21-31(28)30/h11-16,21-23,25,30H,3-10,17-20H2,1-2H3. The van der Waals surface area contributed by atoms with E-state index in [0.29, 0.717) is 12.3 Å². The molecule has 0 aromatic heterocycles. The van der Waals surface area contributed by atoms with Gasteiger partial charge in [0, 0.05) is 25.4 Å². The number of piperidine rings is 1. The van der Waals surface area contributed by atoms with Crippen molar-refractivity contribution in [1.82, 2.24) is 4.90 Å². The number of hydrogen-bond donors (Lipinski definition) is 0. The molecule has 200 valence electrons. The molecule has 2 atom stereocenters. The Kier molecular flexibility index (Phi) is 9.90. The summed E-state index contributed by atoms with van der Waals surface area (Å²) in [5.74, 6) is -0.0806. The van der Waals surface area contributed by atoms with Crippen LogP contribution in [0.1, 0.15) is 101 Å². The van der Waals surface area contributed by atoms with Crippen LogP contribution in [0.4, 0.5) is 8.78 Å². The lowest BCUT2D eigenvalue weighted by Gasteiger charge is -2.37. The average molecular weight is 510 g/mol. The predicted molar refractivity (Wildman–Crippen MR) is 145 cm³/mol. The largest absolute Gasteiger partial charge is 0.447 e. The van der Waals surface area contributed by atoms with Crippen LogP contribution >= 0.6 is 0 Å². The van der Waals surface area contributed by atoms with Gasteiger partial charge in [-0.2, -0.15) is 0 Å². The minimum Gasteiger partial charge on any atom is -0.447 e. The zero-order chi connectivity index (χ0) is 26.2. The molecule has 2 aromatic carbocycles. The highest BCUT2D eigenvalue weighted by Gasteiger charge is 2.34. The molecule has 0 radical (unpaired) electrons. The van der Waals surface area contributed by atoms with Crippen LogP contribution in [0.5, 0.6) is 0 Å². The molecular weight excluding hydrogens is 468 g/mol. The molecule has 1 aliphatic carbocycles. The third-order valence-corrected chi connectivity index (χ3v) is 8.05. The maximum absolute atomic E-state index is 14.2. The van der Waals surface area contributed by atoms with E-state index in [1.54, 1.807) is 18.2 Å². The quantitative estimate of drug-likeness (QED) is 0.213. The van der Waals surface area contributed by atoms with E-state index in [4.69, 9.17) is 4.74 Å². The fourth-order valence-electron chi connectivity index (χ4n) is 5.88. The van der Waals surface area contributed by atoms with Crippen LogP contribution < -0.4 is 0 Å². The Bertz CT molecular complexity index is 1060. The van der Waals surface area contributed by atoms with Crippen LogP contribution in [0.25, 0.3) is 5.57 Å². The Labute approximate surface area is 220 Å². The molecule has 2 unspecified atom stereocenters. The van der Waals surface area contributed by atoms with Crippen LogP contribution in [0.2, 0.25) is 0 Å². The van der Waals surface area contributed by atoms with Gasteiger partial charge in [-0.1, -0.05) is 69.7 Å². The molecule has 5 heteroatoms. The van der Waals surface area contributed by atoms with Gasteiger partial charge in [0.05, 0.1) is 0 Å². The normalized spacial score (nSPS) is 18.9. The van der Waals surface area contributed by atoms with Gasteiger partial charge >= 0.3 is 5.97 Å². The van der Waals surface area contributed by atoms with E-state index in [9.17, 15) is 13.6 Å². The summed E-state index contributed by atoms with van der Waals surface area (Å²) in [6, 6.07) is 11.5. The molecule has 0 spiro atoms. The number of allylic oxidation sites excluding steroid dienone is 1. The monoisotopic (exact) mass is 509 g/mol. The van der Waals surface area contributed by atoms with E-state index in [1.165, 1.54) is 50.3 Å². The molecule has 1 aliphatic heterocycles. The summed E-state index contributed by atoms with van der Waals surface area (Å²) in [6.45, 7) is 5.88. The zero-order valence-corrected chi connectivity index (χ0v) is 22.4. The lowest BCUT2D eigenvalue weighted by atomic mass is 9.81. The Balaban J connectivity index is 1.29. The second-order valence-electron chi connectivity index (χ2n) is 10.7. The Hall–Kier alpha value is -2.53. The lowest BCUT2D eigenvalue weighted by molar-refractivity contribution is -0.159. The summed E-state index contributed by atoms with van der Waals surface area (Å²) in [5, 5.41) is 0. The molecule has 0 bridgehead atoms. The number of carbonyl (C=O) groups excluding carboxylic acids is 1. The van der Waals surface area contributed by atoms with Crippen LogP contribution in [0, 0.1) is 17.6 Å². The zero-order valence-electron chi connectivity index (χ0n) is 22.4. The number of fused-ring (bicyclic) bond motifs is 1. The summed E-state index contributed by atoms with van der Waals surface area (Å²) in [5.41, 5.74) is 4.06. The average Bonchev–Trinajstić information content (AvgIpc) is 3.27. The van der Waals surface area contributed by atoms with Crippen LogP contribution in [-0.4, -0.2) is 30.2 Å². The number of benzene rings is 2. The van der Waals surface area contributed by atoms with Gasteiger partial charge in [-0.3, -0.25) is 9.69 Å². The fourth-order valence-corrected chi connectivity index (χ4v) is 5.88. The van der Waals surface area contributed by atoms with Crippen molar-refractivity contribution in [2.45, 2.75) is 90.2 Å². The topological polar surface area (TPSA) is 29.5 Å². The molecule has 1 fully saturated rings. The van der Waals surface area contributed by atoms with Crippen molar-refractivity contribution in [1.29, 1.82) is 0 Å². The van der Waals surface area contributed by atoms with Crippen molar-refractivity contribution >= 4 is 11.5 Å². The third kappa shape index (κ3) is 7.28. The first-order chi connectivity index (χ1) is 18.0. The van der Waals surface area contributed by atoms with E-state index in [0.717, 1.165) is 61.0 Å². The minimum absolute atomic E-state index is 0.102. The van der Waals surface area contributed by atoms with Gasteiger partial charge in [-0.15, -0.1) is 0 Å². The number of esters is 1. The van der Waals surface area contributed by atoms with Gasteiger partial charge in [0.2, 0.25) is 0 Å². The van der Waals surface area contributed by atoms with E-state index in [-0.39, 0.29) is 29.7 Å². The Morgan fingerprint density at radius 3 is 2.30 bits per heavy atom. The second-order valence-corrected chi connectivity index (χ2v) is 10.7. The summed E-state index contributed by atoms with van der Waals surface area (Å²) in [6.07, 6.45) is 12.7. The van der Waals surface area contributed by atoms with Gasteiger partial charge in [-0.05, 0) is 78.6 Å². The fraction of sp³-hybridized carbons (Fsp3) is 0.531. The third-order valence-electron chi connectivity index (χ3n) is 8.05. The number of unbranched alkanes of at least 4 members (excludes halogenated alkanes) is 6. The van der Waals surface area contributed by atoms with Gasteiger partial charge < -0.3 is 4.74 Å². The smallest absolute Gasteiger partial charge is 0.307 e. The van der Waals surface area contributed by atoms with E-state index in [2.05, 4.69) is 17.9 Å². The number of halogens is 2. The second kappa shape index (κ2) is 13.3. The molecule has 0 amide bonds. The van der Waals surface area contributed by atoms with E-state index < -0.39 is 0 Å². The molecular formula is C32H41F2NO2. The SMILES string of the molecule is CCCCCCCCCC(=O)OC(C)N1CCC(C2C=C(c3ccc(F)cc3)c3ccc(F)cc32)CC1. The number of nitrogens with zero attached hydrogens (tertiary/aromatic N) is 1. The van der Waals surface area contributed by atoms with Gasteiger partial charge in [0.15, 0.2) is 6.23 Å². The minimum atomic E-state index is -0.261. The molecule has 1 saturated heterocycles. The van der Waals surface area contributed by atoms with Crippen molar-refractivity contribution in [3.63, 3.8) is 0 Å². The van der Waals surface area contributed by atoms with Crippen molar-refractivity contribution in [2.75, 3.05) is 13.1 Å². The highest BCUT2D eigenvalue weighted by atomic mass is 19.1. The molecule has 2 aromatic rings. The molecule has 37 heavy (non-hydrogen) atoms. The highest BCUT2D eigenvalue weighted by molar-refractivity contribution is 5.85. The molecule has 0 N–H and O–H groups in total. The molecule has 4 rings (SSSR count). The lowest BCUT2D eigenvalue weighted by Crippen LogP contribution is -2.43. The number of carbonyl (C=O) groups is 1. The van der Waals surface area contributed by atoms with E-state index >= 15 is 0 Å². The number of ether oxygens (including phenoxy) is 1. The summed E-state index contributed by atoms with van der Waals surface area (Å²) in [7, 11) is 0. The first-order valence-corrected chi connectivity index (χ1v) is 14.2. The van der Waals surface area contributed by atoms with E-state index in [1.807, 2.05) is 13.0 Å². The van der Waals surface area contributed by atoms with Crippen molar-refractivity contribution in [3.05, 3.63) is 76.9 Å². The van der Waals surface area contributed by atoms with Gasteiger partial charge in [0.25, 0.3) is 0 Å². The molecule has 3 nitrogen and oxygen atoms in total. The molecule has 0 saturated carbocycles. The van der Waals surface area contributed by atoms with Gasteiger partial charge in [-0.25, -0.2) is 8.78 Å². The van der Waals surface area contributed by atoms with Crippen molar-refractivity contribution in [2.24, 2.45) is 5.92 Å². The van der Waals surface area contributed by atoms with Crippen LogP contribution in [0.3, 0.4) is 0 Å². The maximum atomic E-state index is 14.2. The summed E-state index contributed by atoms with van der Waals surface area (Å²) in [4.78, 5) is 14.6. The molecule has 2 aliphatic rings. The van der Waals surface area contributed by atoms with Crippen LogP contribution in [-0.2, 0) is 9.53 Å². The number of rotatable bonds is 12. The van der Waals surface area contributed by atoms with Crippen molar-refractivity contribution in [3.8, 4) is 0 Å².